The summed E-state index contributed by atoms with van der Waals surface area (Å²) in [5, 5.41) is 3.13. The van der Waals surface area contributed by atoms with Gasteiger partial charge in [-0.15, -0.1) is 0 Å². The quantitative estimate of drug-likeness (QED) is 0.773. The predicted molar refractivity (Wildman–Crippen MR) is 88.2 cm³/mol. The number of benzene rings is 1. The number of pyridine rings is 1. The van der Waals surface area contributed by atoms with Crippen molar-refractivity contribution in [3.63, 3.8) is 0 Å². The van der Waals surface area contributed by atoms with Crippen LogP contribution in [0.15, 0.2) is 55.0 Å². The molecule has 3 aromatic rings. The third-order valence-electron chi connectivity index (χ3n) is 3.38. The fourth-order valence-corrected chi connectivity index (χ4v) is 2.12. The number of nitrogens with two attached hydrogens (primary N) is 1. The molecule has 0 saturated carbocycles. The Morgan fingerprint density at radius 3 is 2.78 bits per heavy atom. The van der Waals surface area contributed by atoms with Crippen LogP contribution in [-0.4, -0.2) is 20.9 Å². The Labute approximate surface area is 133 Å². The SMILES string of the molecule is Cc1ccc(C(N)=O)cc1Nc1nccc(-c2cccnc2)n1. The molecule has 6 nitrogen and oxygen atoms in total. The highest BCUT2D eigenvalue weighted by molar-refractivity contribution is 5.94. The largest absolute Gasteiger partial charge is 0.366 e. The van der Waals surface area contributed by atoms with Gasteiger partial charge in [-0.3, -0.25) is 9.78 Å². The molecule has 0 unspecified atom stereocenters. The van der Waals surface area contributed by atoms with Gasteiger partial charge >= 0.3 is 0 Å². The van der Waals surface area contributed by atoms with Crippen molar-refractivity contribution in [2.45, 2.75) is 6.92 Å². The maximum atomic E-state index is 11.3. The van der Waals surface area contributed by atoms with Gasteiger partial charge in [-0.1, -0.05) is 6.07 Å². The van der Waals surface area contributed by atoms with Crippen molar-refractivity contribution in [1.82, 2.24) is 15.0 Å². The van der Waals surface area contributed by atoms with Crippen molar-refractivity contribution in [2.75, 3.05) is 5.32 Å². The third-order valence-corrected chi connectivity index (χ3v) is 3.38. The summed E-state index contributed by atoms with van der Waals surface area (Å²) in [4.78, 5) is 24.1. The van der Waals surface area contributed by atoms with Gasteiger partial charge in [0.15, 0.2) is 0 Å². The summed E-state index contributed by atoms with van der Waals surface area (Å²) >= 11 is 0. The fraction of sp³-hybridized carbons (Fsp3) is 0.0588. The maximum Gasteiger partial charge on any atom is 0.248 e. The monoisotopic (exact) mass is 305 g/mol. The number of aromatic nitrogens is 3. The van der Waals surface area contributed by atoms with Gasteiger partial charge < -0.3 is 11.1 Å². The molecule has 2 heterocycles. The molecule has 3 N–H and O–H groups in total. The van der Waals surface area contributed by atoms with E-state index in [1.807, 2.05) is 31.2 Å². The smallest absolute Gasteiger partial charge is 0.248 e. The summed E-state index contributed by atoms with van der Waals surface area (Å²) in [7, 11) is 0. The molecule has 0 aliphatic rings. The normalized spacial score (nSPS) is 10.3. The summed E-state index contributed by atoms with van der Waals surface area (Å²) < 4.78 is 0. The van der Waals surface area contributed by atoms with E-state index in [-0.39, 0.29) is 0 Å². The van der Waals surface area contributed by atoms with E-state index in [1.165, 1.54) is 0 Å². The molecule has 0 atom stereocenters. The molecule has 3 rings (SSSR count). The molecule has 0 aliphatic heterocycles. The second kappa shape index (κ2) is 6.23. The fourth-order valence-electron chi connectivity index (χ4n) is 2.12. The van der Waals surface area contributed by atoms with Crippen LogP contribution in [0.5, 0.6) is 0 Å². The van der Waals surface area contributed by atoms with E-state index in [1.54, 1.807) is 30.7 Å². The number of hydrogen-bond donors (Lipinski definition) is 2. The topological polar surface area (TPSA) is 93.8 Å². The standard InChI is InChI=1S/C17H15N5O/c1-11-4-5-12(16(18)23)9-15(11)22-17-20-8-6-14(21-17)13-3-2-7-19-10-13/h2-10H,1H3,(H2,18,23)(H,20,21,22). The average molecular weight is 305 g/mol. The maximum absolute atomic E-state index is 11.3. The number of amides is 1. The van der Waals surface area contributed by atoms with Crippen molar-refractivity contribution >= 4 is 17.5 Å². The van der Waals surface area contributed by atoms with Crippen LogP contribution in [-0.2, 0) is 0 Å². The molecule has 0 saturated heterocycles. The van der Waals surface area contributed by atoms with E-state index in [2.05, 4.69) is 20.3 Å². The predicted octanol–water partition coefficient (Wildman–Crippen LogP) is 2.69. The molecule has 1 aromatic carbocycles. The summed E-state index contributed by atoms with van der Waals surface area (Å²) in [5.41, 5.74) is 9.12. The number of nitrogens with zero attached hydrogens (tertiary/aromatic N) is 3. The van der Waals surface area contributed by atoms with Gasteiger partial charge in [0.2, 0.25) is 11.9 Å². The summed E-state index contributed by atoms with van der Waals surface area (Å²) in [6.07, 6.45) is 5.12. The van der Waals surface area contributed by atoms with Crippen molar-refractivity contribution < 1.29 is 4.79 Å². The van der Waals surface area contributed by atoms with E-state index in [4.69, 9.17) is 5.73 Å². The third kappa shape index (κ3) is 3.32. The lowest BCUT2D eigenvalue weighted by Gasteiger charge is -2.10. The molecule has 1 amide bonds. The number of hydrogen-bond acceptors (Lipinski definition) is 5. The van der Waals surface area contributed by atoms with Gasteiger partial charge in [-0.2, -0.15) is 0 Å². The highest BCUT2D eigenvalue weighted by Crippen LogP contribution is 2.22. The molecule has 0 fully saturated rings. The van der Waals surface area contributed by atoms with Crippen molar-refractivity contribution in [1.29, 1.82) is 0 Å². The summed E-state index contributed by atoms with van der Waals surface area (Å²) in [6.45, 7) is 1.93. The van der Waals surface area contributed by atoms with Crippen LogP contribution in [0.3, 0.4) is 0 Å². The number of primary amides is 1. The highest BCUT2D eigenvalue weighted by atomic mass is 16.1. The molecule has 23 heavy (non-hydrogen) atoms. The number of anilines is 2. The van der Waals surface area contributed by atoms with E-state index < -0.39 is 5.91 Å². The van der Waals surface area contributed by atoms with Crippen LogP contribution < -0.4 is 11.1 Å². The Morgan fingerprint density at radius 1 is 1.17 bits per heavy atom. The van der Waals surface area contributed by atoms with Gasteiger partial charge in [0.05, 0.1) is 5.69 Å². The Kier molecular flexibility index (Phi) is 3.97. The molecule has 0 aliphatic carbocycles. The van der Waals surface area contributed by atoms with Crippen molar-refractivity contribution in [3.8, 4) is 11.3 Å². The van der Waals surface area contributed by atoms with E-state index in [0.717, 1.165) is 22.5 Å². The molecule has 0 spiro atoms. The van der Waals surface area contributed by atoms with Gasteiger partial charge in [-0.25, -0.2) is 9.97 Å². The molecule has 0 radical (unpaired) electrons. The molecular weight excluding hydrogens is 290 g/mol. The Balaban J connectivity index is 1.92. The first-order valence-corrected chi connectivity index (χ1v) is 7.04. The van der Waals surface area contributed by atoms with Crippen LogP contribution in [0.1, 0.15) is 15.9 Å². The summed E-state index contributed by atoms with van der Waals surface area (Å²) in [6, 6.07) is 10.8. The van der Waals surface area contributed by atoms with E-state index in [0.29, 0.717) is 11.5 Å². The summed E-state index contributed by atoms with van der Waals surface area (Å²) in [5.74, 6) is -0.0332. The minimum atomic E-state index is -0.474. The lowest BCUT2D eigenvalue weighted by atomic mass is 10.1. The minimum Gasteiger partial charge on any atom is -0.366 e. The molecule has 114 valence electrons. The zero-order chi connectivity index (χ0) is 16.2. The van der Waals surface area contributed by atoms with Gasteiger partial charge in [0, 0.05) is 35.4 Å². The van der Waals surface area contributed by atoms with Crippen LogP contribution >= 0.6 is 0 Å². The Morgan fingerprint density at radius 2 is 2.04 bits per heavy atom. The molecule has 2 aromatic heterocycles. The average Bonchev–Trinajstić information content (AvgIpc) is 2.58. The zero-order valence-corrected chi connectivity index (χ0v) is 12.5. The van der Waals surface area contributed by atoms with Gasteiger partial charge in [0.25, 0.3) is 0 Å². The van der Waals surface area contributed by atoms with Crippen LogP contribution in [0, 0.1) is 6.92 Å². The lowest BCUT2D eigenvalue weighted by Crippen LogP contribution is -2.11. The highest BCUT2D eigenvalue weighted by Gasteiger charge is 2.07. The number of carbonyl (C=O) groups is 1. The zero-order valence-electron chi connectivity index (χ0n) is 12.5. The molecule has 6 heteroatoms. The molecular formula is C17H15N5O. The second-order valence-electron chi connectivity index (χ2n) is 5.03. The van der Waals surface area contributed by atoms with Crippen molar-refractivity contribution in [2.24, 2.45) is 5.73 Å². The first-order valence-electron chi connectivity index (χ1n) is 7.04. The number of aryl methyl sites for hydroxylation is 1. The number of rotatable bonds is 4. The Hall–Kier alpha value is -3.28. The van der Waals surface area contributed by atoms with Gasteiger partial charge in [-0.05, 0) is 42.8 Å². The van der Waals surface area contributed by atoms with Crippen LogP contribution in [0.2, 0.25) is 0 Å². The first-order chi connectivity index (χ1) is 11.1. The Bertz CT molecular complexity index is 849. The van der Waals surface area contributed by atoms with E-state index >= 15 is 0 Å². The van der Waals surface area contributed by atoms with Crippen LogP contribution in [0.4, 0.5) is 11.6 Å². The first kappa shape index (κ1) is 14.6. The van der Waals surface area contributed by atoms with E-state index in [9.17, 15) is 4.79 Å². The van der Waals surface area contributed by atoms with Crippen LogP contribution in [0.25, 0.3) is 11.3 Å². The number of nitrogens with one attached hydrogen (secondary N) is 1. The second-order valence-corrected chi connectivity index (χ2v) is 5.03. The lowest BCUT2D eigenvalue weighted by molar-refractivity contribution is 0.100. The minimum absolute atomic E-state index is 0.432. The molecule has 0 bridgehead atoms. The van der Waals surface area contributed by atoms with Gasteiger partial charge in [0.1, 0.15) is 0 Å². The van der Waals surface area contributed by atoms with Crippen molar-refractivity contribution in [3.05, 3.63) is 66.1 Å². The number of carbonyl (C=O) groups excluding carboxylic acids is 1.